The van der Waals surface area contributed by atoms with Crippen molar-refractivity contribution in [2.24, 2.45) is 0 Å². The molecule has 2 aromatic carbocycles. The molecule has 1 heterocycles. The first-order valence-corrected chi connectivity index (χ1v) is 11.8. The van der Waals surface area contributed by atoms with Gasteiger partial charge < -0.3 is 10.3 Å². The Balaban J connectivity index is 1.70. The standard InChI is InChI=1S/C20H24N4O3S2/c1-4-24(5-2)29(26,27)18-12-15(11-10-14(18)3)21-19(25)13-28-20-22-16-8-6-7-9-17(16)23-20/h6-12H,4-5,13H2,1-3H3,(H,21,25)(H,22,23). The quantitative estimate of drug-likeness (QED) is 0.530. The minimum Gasteiger partial charge on any atom is -0.333 e. The van der Waals surface area contributed by atoms with E-state index < -0.39 is 10.0 Å². The molecule has 0 aliphatic carbocycles. The number of thioether (sulfide) groups is 1. The molecule has 0 fully saturated rings. The number of nitrogens with zero attached hydrogens (tertiary/aromatic N) is 2. The van der Waals surface area contributed by atoms with Crippen LogP contribution in [0.4, 0.5) is 5.69 Å². The van der Waals surface area contributed by atoms with Gasteiger partial charge in [0.25, 0.3) is 0 Å². The Kier molecular flexibility index (Phi) is 6.61. The van der Waals surface area contributed by atoms with Crippen molar-refractivity contribution in [1.29, 1.82) is 0 Å². The highest BCUT2D eigenvalue weighted by molar-refractivity contribution is 7.99. The van der Waals surface area contributed by atoms with Crippen molar-refractivity contribution in [3.63, 3.8) is 0 Å². The summed E-state index contributed by atoms with van der Waals surface area (Å²) in [5.74, 6) is -0.0725. The number of H-pyrrole nitrogens is 1. The van der Waals surface area contributed by atoms with Crippen molar-refractivity contribution >= 4 is 44.4 Å². The van der Waals surface area contributed by atoms with Crippen LogP contribution in [0.15, 0.2) is 52.5 Å². The number of carbonyl (C=O) groups is 1. The molecule has 0 unspecified atom stereocenters. The van der Waals surface area contributed by atoms with Crippen LogP contribution in [0.2, 0.25) is 0 Å². The lowest BCUT2D eigenvalue weighted by molar-refractivity contribution is -0.113. The number of fused-ring (bicyclic) bond motifs is 1. The van der Waals surface area contributed by atoms with Gasteiger partial charge in [-0.1, -0.05) is 43.8 Å². The van der Waals surface area contributed by atoms with E-state index in [4.69, 9.17) is 0 Å². The Morgan fingerprint density at radius 2 is 1.90 bits per heavy atom. The van der Waals surface area contributed by atoms with E-state index in [0.29, 0.717) is 29.5 Å². The molecular formula is C20H24N4O3S2. The van der Waals surface area contributed by atoms with Gasteiger partial charge in [-0.25, -0.2) is 13.4 Å². The van der Waals surface area contributed by atoms with Crippen molar-refractivity contribution in [3.05, 3.63) is 48.0 Å². The molecule has 7 nitrogen and oxygen atoms in total. The average molecular weight is 433 g/mol. The number of amides is 1. The number of benzene rings is 2. The van der Waals surface area contributed by atoms with Gasteiger partial charge in [0.05, 0.1) is 21.7 Å². The molecule has 0 atom stereocenters. The van der Waals surface area contributed by atoms with Gasteiger partial charge in [0, 0.05) is 18.8 Å². The molecular weight excluding hydrogens is 408 g/mol. The monoisotopic (exact) mass is 432 g/mol. The largest absolute Gasteiger partial charge is 0.333 e. The van der Waals surface area contributed by atoms with E-state index in [9.17, 15) is 13.2 Å². The number of para-hydroxylation sites is 2. The Morgan fingerprint density at radius 3 is 2.59 bits per heavy atom. The number of nitrogens with one attached hydrogen (secondary N) is 2. The Morgan fingerprint density at radius 1 is 1.17 bits per heavy atom. The Labute approximate surface area is 175 Å². The molecule has 0 aliphatic heterocycles. The van der Waals surface area contributed by atoms with Crippen LogP contribution in [0.25, 0.3) is 11.0 Å². The van der Waals surface area contributed by atoms with E-state index >= 15 is 0 Å². The highest BCUT2D eigenvalue weighted by atomic mass is 32.2. The van der Waals surface area contributed by atoms with Crippen LogP contribution < -0.4 is 5.32 Å². The summed E-state index contributed by atoms with van der Waals surface area (Å²) in [4.78, 5) is 20.2. The maximum absolute atomic E-state index is 12.8. The third-order valence-electron chi connectivity index (χ3n) is 4.50. The van der Waals surface area contributed by atoms with Crippen LogP contribution in [0.3, 0.4) is 0 Å². The second kappa shape index (κ2) is 8.98. The minimum atomic E-state index is -3.60. The number of rotatable bonds is 8. The number of aromatic nitrogens is 2. The summed E-state index contributed by atoms with van der Waals surface area (Å²) in [5, 5.41) is 3.44. The van der Waals surface area contributed by atoms with Gasteiger partial charge >= 0.3 is 0 Å². The van der Waals surface area contributed by atoms with E-state index in [0.717, 1.165) is 11.0 Å². The third-order valence-corrected chi connectivity index (χ3v) is 7.57. The maximum atomic E-state index is 12.8. The van der Waals surface area contributed by atoms with Gasteiger partial charge in [0.1, 0.15) is 0 Å². The van der Waals surface area contributed by atoms with E-state index in [2.05, 4.69) is 15.3 Å². The van der Waals surface area contributed by atoms with Gasteiger partial charge in [-0.05, 0) is 36.8 Å². The summed E-state index contributed by atoms with van der Waals surface area (Å²) in [7, 11) is -3.60. The summed E-state index contributed by atoms with van der Waals surface area (Å²) in [6.07, 6.45) is 0. The fourth-order valence-electron chi connectivity index (χ4n) is 2.99. The fourth-order valence-corrected chi connectivity index (χ4v) is 5.38. The first-order chi connectivity index (χ1) is 13.8. The molecule has 154 valence electrons. The predicted molar refractivity (Wildman–Crippen MR) is 117 cm³/mol. The van der Waals surface area contributed by atoms with Crippen LogP contribution in [-0.4, -0.2) is 47.4 Å². The van der Waals surface area contributed by atoms with Gasteiger partial charge in [-0.2, -0.15) is 4.31 Å². The molecule has 0 saturated carbocycles. The first-order valence-electron chi connectivity index (χ1n) is 9.33. The van der Waals surface area contributed by atoms with Crippen LogP contribution in [0.5, 0.6) is 0 Å². The number of sulfonamides is 1. The van der Waals surface area contributed by atoms with Gasteiger partial charge in [0.15, 0.2) is 5.16 Å². The zero-order valence-corrected chi connectivity index (χ0v) is 18.2. The van der Waals surface area contributed by atoms with Crippen molar-refractivity contribution in [2.45, 2.75) is 30.8 Å². The molecule has 0 bridgehead atoms. The molecule has 1 amide bonds. The highest BCUT2D eigenvalue weighted by Crippen LogP contribution is 2.24. The number of imidazole rings is 1. The first kappa shape index (κ1) is 21.4. The highest BCUT2D eigenvalue weighted by Gasteiger charge is 2.24. The van der Waals surface area contributed by atoms with Gasteiger partial charge in [-0.3, -0.25) is 4.79 Å². The number of carbonyl (C=O) groups excluding carboxylic acids is 1. The zero-order chi connectivity index (χ0) is 21.0. The molecule has 0 radical (unpaired) electrons. The second-order valence-corrected chi connectivity index (χ2v) is 9.34. The lowest BCUT2D eigenvalue weighted by atomic mass is 10.2. The number of aromatic amines is 1. The summed E-state index contributed by atoms with van der Waals surface area (Å²) in [5.41, 5.74) is 2.86. The van der Waals surface area contributed by atoms with E-state index in [-0.39, 0.29) is 16.6 Å². The summed E-state index contributed by atoms with van der Waals surface area (Å²) in [6, 6.07) is 12.6. The molecule has 0 saturated heterocycles. The van der Waals surface area contributed by atoms with Crippen molar-refractivity contribution in [1.82, 2.24) is 14.3 Å². The summed E-state index contributed by atoms with van der Waals surface area (Å²) in [6.45, 7) is 6.14. The average Bonchev–Trinajstić information content (AvgIpc) is 3.11. The minimum absolute atomic E-state index is 0.159. The Hall–Kier alpha value is -2.36. The van der Waals surface area contributed by atoms with Crippen LogP contribution in [0.1, 0.15) is 19.4 Å². The van der Waals surface area contributed by atoms with E-state index in [1.165, 1.54) is 22.1 Å². The van der Waals surface area contributed by atoms with Crippen molar-refractivity contribution in [3.8, 4) is 0 Å². The summed E-state index contributed by atoms with van der Waals surface area (Å²) < 4.78 is 27.1. The molecule has 9 heteroatoms. The fraction of sp³-hybridized carbons (Fsp3) is 0.300. The molecule has 2 N–H and O–H groups in total. The van der Waals surface area contributed by atoms with Crippen molar-refractivity contribution in [2.75, 3.05) is 24.2 Å². The molecule has 29 heavy (non-hydrogen) atoms. The predicted octanol–water partition coefficient (Wildman–Crippen LogP) is 3.63. The smallest absolute Gasteiger partial charge is 0.243 e. The lowest BCUT2D eigenvalue weighted by Crippen LogP contribution is -2.31. The number of hydrogen-bond donors (Lipinski definition) is 2. The second-order valence-electron chi connectivity index (χ2n) is 6.47. The van der Waals surface area contributed by atoms with E-state index in [1.807, 2.05) is 24.3 Å². The molecule has 1 aromatic heterocycles. The molecule has 0 spiro atoms. The number of anilines is 1. The molecule has 3 aromatic rings. The normalized spacial score (nSPS) is 11.9. The maximum Gasteiger partial charge on any atom is 0.243 e. The van der Waals surface area contributed by atoms with Gasteiger partial charge in [0.2, 0.25) is 15.9 Å². The van der Waals surface area contributed by atoms with Crippen LogP contribution >= 0.6 is 11.8 Å². The summed E-state index contributed by atoms with van der Waals surface area (Å²) >= 11 is 1.29. The molecule has 0 aliphatic rings. The molecule has 3 rings (SSSR count). The van der Waals surface area contributed by atoms with Gasteiger partial charge in [-0.15, -0.1) is 0 Å². The van der Waals surface area contributed by atoms with Crippen LogP contribution in [0, 0.1) is 6.92 Å². The van der Waals surface area contributed by atoms with Crippen LogP contribution in [-0.2, 0) is 14.8 Å². The number of hydrogen-bond acceptors (Lipinski definition) is 5. The van der Waals surface area contributed by atoms with Crippen molar-refractivity contribution < 1.29 is 13.2 Å². The lowest BCUT2D eigenvalue weighted by Gasteiger charge is -2.20. The topological polar surface area (TPSA) is 95.2 Å². The van der Waals surface area contributed by atoms with E-state index in [1.54, 1.807) is 32.9 Å². The third kappa shape index (κ3) is 4.80. The Bertz CT molecular complexity index is 1090. The number of aryl methyl sites for hydroxylation is 1. The zero-order valence-electron chi connectivity index (χ0n) is 16.6. The SMILES string of the molecule is CCN(CC)S(=O)(=O)c1cc(NC(=O)CSc2nc3ccccc3[nH]2)ccc1C.